The normalized spacial score (nSPS) is 17.8. The molecular weight excluding hydrogens is 790 g/mol. The number of halogens is 7. The molecule has 1 aromatic heterocycles. The van der Waals surface area contributed by atoms with Crippen LogP contribution in [0.1, 0.15) is 59.6 Å². The molecule has 213 valence electrons. The van der Waals surface area contributed by atoms with Gasteiger partial charge in [-0.3, -0.25) is 0 Å². The number of allylic oxidation sites excluding steroid dienone is 6. The summed E-state index contributed by atoms with van der Waals surface area (Å²) in [6.07, 6.45) is -2.72. The van der Waals surface area contributed by atoms with E-state index in [0.717, 1.165) is 18.3 Å². The van der Waals surface area contributed by atoms with Crippen LogP contribution in [0.4, 0.5) is 32.0 Å². The SMILES string of the molecule is C=C(/C=C1\NCCCC1Nc1cccnc1C(F)(F)F)/C(=C/C(=C/CC)C(F)(F)F)C(C)C.CC.[I][Pt]. The van der Waals surface area contributed by atoms with Gasteiger partial charge in [0.15, 0.2) is 5.69 Å². The van der Waals surface area contributed by atoms with Crippen molar-refractivity contribution in [3.05, 3.63) is 71.2 Å². The van der Waals surface area contributed by atoms with Crippen LogP contribution in [-0.4, -0.2) is 23.7 Å². The zero-order valence-electron chi connectivity index (χ0n) is 21.6. The third-order valence-corrected chi connectivity index (χ3v) is 5.16. The molecule has 0 amide bonds. The van der Waals surface area contributed by atoms with Crippen LogP contribution < -0.4 is 10.6 Å². The molecule has 1 aliphatic heterocycles. The summed E-state index contributed by atoms with van der Waals surface area (Å²) in [5.74, 6) is -0.248. The number of rotatable bonds is 7. The summed E-state index contributed by atoms with van der Waals surface area (Å²) in [7, 11) is 0. The molecule has 0 radical (unpaired) electrons. The van der Waals surface area contributed by atoms with Gasteiger partial charge < -0.3 is 10.6 Å². The predicted octanol–water partition coefficient (Wildman–Crippen LogP) is 9.09. The first-order chi connectivity index (χ1) is 17.3. The van der Waals surface area contributed by atoms with Gasteiger partial charge in [0.1, 0.15) is 0 Å². The van der Waals surface area contributed by atoms with Crippen LogP contribution in [0.5, 0.6) is 0 Å². The second-order valence-electron chi connectivity index (χ2n) is 8.11. The van der Waals surface area contributed by atoms with E-state index >= 15 is 0 Å². The van der Waals surface area contributed by atoms with E-state index in [1.165, 1.54) is 12.1 Å². The molecule has 0 spiro atoms. The van der Waals surface area contributed by atoms with Crippen molar-refractivity contribution < 1.29 is 42.5 Å². The van der Waals surface area contributed by atoms with E-state index in [1.54, 1.807) is 26.8 Å². The number of piperidine rings is 1. The molecule has 1 aliphatic rings. The van der Waals surface area contributed by atoms with Gasteiger partial charge in [-0.05, 0) is 60.6 Å². The van der Waals surface area contributed by atoms with E-state index in [9.17, 15) is 26.3 Å². The van der Waals surface area contributed by atoms with Crippen LogP contribution in [0, 0.1) is 5.92 Å². The van der Waals surface area contributed by atoms with Crippen LogP contribution in [0.3, 0.4) is 0 Å². The molecule has 1 atom stereocenters. The summed E-state index contributed by atoms with van der Waals surface area (Å²) in [4.78, 5) is 3.46. The first-order valence-corrected chi connectivity index (χ1v) is 18.3. The Balaban J connectivity index is 0.00000308. The Morgan fingerprint density at radius 1 is 1.24 bits per heavy atom. The fourth-order valence-electron chi connectivity index (χ4n) is 3.60. The number of pyridine rings is 1. The molecule has 1 unspecified atom stereocenters. The summed E-state index contributed by atoms with van der Waals surface area (Å²) in [6, 6.07) is 2.22. The molecule has 2 rings (SSSR count). The van der Waals surface area contributed by atoms with Crippen molar-refractivity contribution >= 4 is 25.0 Å². The van der Waals surface area contributed by atoms with Crippen LogP contribution in [-0.2, 0) is 22.3 Å². The number of aromatic nitrogens is 1. The Kier molecular flexibility index (Phi) is 16.7. The quantitative estimate of drug-likeness (QED) is 0.164. The molecule has 37 heavy (non-hydrogen) atoms. The molecular formula is C26H35F6IN3Pt. The summed E-state index contributed by atoms with van der Waals surface area (Å²) in [5.41, 5.74) is -0.568. The van der Waals surface area contributed by atoms with Crippen molar-refractivity contribution in [2.75, 3.05) is 11.9 Å². The minimum absolute atomic E-state index is 0.153. The fraction of sp³-hybridized carbons (Fsp3) is 0.500. The van der Waals surface area contributed by atoms with Crippen molar-refractivity contribution in [1.29, 1.82) is 0 Å². The van der Waals surface area contributed by atoms with Gasteiger partial charge in [0.05, 0.1) is 17.3 Å². The van der Waals surface area contributed by atoms with Crippen molar-refractivity contribution in [2.45, 2.75) is 72.3 Å². The molecule has 1 aromatic rings. The third-order valence-electron chi connectivity index (χ3n) is 5.16. The molecule has 0 aliphatic carbocycles. The van der Waals surface area contributed by atoms with Crippen LogP contribution in [0.15, 0.2) is 65.6 Å². The molecule has 3 nitrogen and oxygen atoms in total. The van der Waals surface area contributed by atoms with Crippen LogP contribution in [0.25, 0.3) is 0 Å². The molecule has 1 saturated heterocycles. The Labute approximate surface area is 238 Å². The Morgan fingerprint density at radius 3 is 2.38 bits per heavy atom. The molecule has 2 N–H and O–H groups in total. The summed E-state index contributed by atoms with van der Waals surface area (Å²) in [5, 5.41) is 6.05. The minimum atomic E-state index is -4.62. The first-order valence-electron chi connectivity index (χ1n) is 11.9. The van der Waals surface area contributed by atoms with Gasteiger partial charge >= 0.3 is 47.8 Å². The van der Waals surface area contributed by atoms with Crippen LogP contribution >= 0.6 is 19.4 Å². The van der Waals surface area contributed by atoms with Gasteiger partial charge in [0, 0.05) is 18.4 Å². The Morgan fingerprint density at radius 2 is 1.86 bits per heavy atom. The molecule has 1 fully saturated rings. The number of nitrogens with one attached hydrogen (secondary N) is 2. The standard InChI is InChI=1S/C24H29F6N3.C2H6.HI.Pt/c1-5-8-17(23(25,26)27)14-18(15(2)3)16(4)13-21-19(9-6-11-31-21)33-20-10-7-12-32-22(20)24(28,29)30;1-2;;/h7-8,10,12-15,19,31,33H,4-6,9,11H2,1-3H3;1-2H3;1H;/q;;;+1/p-1/b17-8-,18-14+,21-13-;;;. The molecule has 11 heteroatoms. The van der Waals surface area contributed by atoms with E-state index in [2.05, 4.69) is 57.7 Å². The summed E-state index contributed by atoms with van der Waals surface area (Å²) in [6.45, 7) is 13.7. The molecule has 2 heterocycles. The van der Waals surface area contributed by atoms with E-state index in [-0.39, 0.29) is 18.0 Å². The molecule has 0 aromatic carbocycles. The first kappa shape index (κ1) is 35.7. The monoisotopic (exact) mass is 825 g/mol. The third kappa shape index (κ3) is 12.0. The number of hydrogen-bond donors (Lipinski definition) is 2. The Hall–Kier alpha value is -1.29. The zero-order chi connectivity index (χ0) is 28.8. The van der Waals surface area contributed by atoms with Gasteiger partial charge in [-0.15, -0.1) is 0 Å². The van der Waals surface area contributed by atoms with Gasteiger partial charge in [0.2, 0.25) is 0 Å². The molecule has 0 bridgehead atoms. The second kappa shape index (κ2) is 17.3. The van der Waals surface area contributed by atoms with Crippen LogP contribution in [0.2, 0.25) is 0 Å². The van der Waals surface area contributed by atoms with E-state index in [4.69, 9.17) is 0 Å². The van der Waals surface area contributed by atoms with Gasteiger partial charge in [0.25, 0.3) is 0 Å². The number of hydrogen-bond acceptors (Lipinski definition) is 3. The predicted molar refractivity (Wildman–Crippen MR) is 144 cm³/mol. The second-order valence-corrected chi connectivity index (χ2v) is 8.11. The maximum absolute atomic E-state index is 13.4. The van der Waals surface area contributed by atoms with Gasteiger partial charge in [-0.25, -0.2) is 4.98 Å². The fourth-order valence-corrected chi connectivity index (χ4v) is 3.60. The zero-order valence-corrected chi connectivity index (χ0v) is 26.0. The Bertz CT molecular complexity index is 937. The number of nitrogens with zero attached hydrogens (tertiary/aromatic N) is 1. The molecule has 0 saturated carbocycles. The van der Waals surface area contributed by atoms with Gasteiger partial charge in [-0.2, -0.15) is 26.3 Å². The van der Waals surface area contributed by atoms with E-state index in [0.29, 0.717) is 36.2 Å². The van der Waals surface area contributed by atoms with Crippen molar-refractivity contribution in [2.24, 2.45) is 5.92 Å². The average molecular weight is 826 g/mol. The number of alkyl halides is 6. The maximum atomic E-state index is 13.4. The average Bonchev–Trinajstić information content (AvgIpc) is 2.84. The number of anilines is 1. The van der Waals surface area contributed by atoms with Crippen molar-refractivity contribution in [3.63, 3.8) is 0 Å². The topological polar surface area (TPSA) is 37.0 Å². The summed E-state index contributed by atoms with van der Waals surface area (Å²) < 4.78 is 80.2. The van der Waals surface area contributed by atoms with Crippen molar-refractivity contribution in [3.8, 4) is 0 Å². The van der Waals surface area contributed by atoms with Crippen molar-refractivity contribution in [1.82, 2.24) is 10.3 Å². The van der Waals surface area contributed by atoms with E-state index < -0.39 is 29.7 Å². The summed E-state index contributed by atoms with van der Waals surface area (Å²) >= 11 is 4.23. The van der Waals surface area contributed by atoms with Gasteiger partial charge in [-0.1, -0.05) is 47.3 Å². The van der Waals surface area contributed by atoms with E-state index in [1.807, 2.05) is 13.8 Å².